The number of aliphatic hydroxyl groups excluding tert-OH is 1. The van der Waals surface area contributed by atoms with E-state index in [0.717, 1.165) is 25.8 Å². The molecular formula is C16H30N2O4. The summed E-state index contributed by atoms with van der Waals surface area (Å²) in [7, 11) is 0. The van der Waals surface area contributed by atoms with Crippen LogP contribution >= 0.6 is 0 Å². The van der Waals surface area contributed by atoms with E-state index in [-0.39, 0.29) is 19.2 Å². The molecule has 2 aliphatic heterocycles. The average Bonchev–Trinajstić information content (AvgIpc) is 2.46. The number of rotatable bonds is 2. The number of amides is 1. The molecule has 0 bridgehead atoms. The lowest BCUT2D eigenvalue weighted by Gasteiger charge is -2.52. The third kappa shape index (κ3) is 3.55. The van der Waals surface area contributed by atoms with Gasteiger partial charge in [0.2, 0.25) is 0 Å². The smallest absolute Gasteiger partial charge is 0.410 e. The van der Waals surface area contributed by atoms with Crippen LogP contribution in [-0.2, 0) is 4.74 Å². The van der Waals surface area contributed by atoms with E-state index in [1.54, 1.807) is 4.90 Å². The third-order valence-electron chi connectivity index (χ3n) is 4.88. The highest BCUT2D eigenvalue weighted by atomic mass is 16.6. The molecule has 2 unspecified atom stereocenters. The Hall–Kier alpha value is -0.850. The Kier molecular flexibility index (Phi) is 5.04. The Morgan fingerprint density at radius 2 is 2.05 bits per heavy atom. The fourth-order valence-electron chi connectivity index (χ4n) is 3.60. The minimum atomic E-state index is -1.07. The first-order valence-corrected chi connectivity index (χ1v) is 8.23. The third-order valence-corrected chi connectivity index (χ3v) is 4.88. The van der Waals surface area contributed by atoms with Crippen molar-refractivity contribution in [3.63, 3.8) is 0 Å². The summed E-state index contributed by atoms with van der Waals surface area (Å²) in [6.45, 7) is 7.74. The quantitative estimate of drug-likeness (QED) is 0.711. The van der Waals surface area contributed by atoms with Crippen LogP contribution in [0.5, 0.6) is 0 Å². The summed E-state index contributed by atoms with van der Waals surface area (Å²) in [4.78, 5) is 13.9. The number of hydrogen-bond acceptors (Lipinski definition) is 5. The zero-order valence-corrected chi connectivity index (χ0v) is 14.0. The predicted octanol–water partition coefficient (Wildman–Crippen LogP) is 1.11. The summed E-state index contributed by atoms with van der Waals surface area (Å²) < 4.78 is 5.42. The molecular weight excluding hydrogens is 284 g/mol. The van der Waals surface area contributed by atoms with E-state index in [1.165, 1.54) is 0 Å². The number of nitrogens with one attached hydrogen (secondary N) is 1. The highest BCUT2D eigenvalue weighted by Gasteiger charge is 2.53. The van der Waals surface area contributed by atoms with Gasteiger partial charge in [0.15, 0.2) is 0 Å². The van der Waals surface area contributed by atoms with Crippen molar-refractivity contribution in [2.75, 3.05) is 32.8 Å². The van der Waals surface area contributed by atoms with Crippen LogP contribution in [0.1, 0.15) is 46.5 Å². The molecule has 6 heteroatoms. The zero-order valence-electron chi connectivity index (χ0n) is 14.0. The minimum absolute atomic E-state index is 0.0708. The topological polar surface area (TPSA) is 82.0 Å². The van der Waals surface area contributed by atoms with Crippen molar-refractivity contribution in [1.29, 1.82) is 0 Å². The summed E-state index contributed by atoms with van der Waals surface area (Å²) in [5.74, 6) is 0. The van der Waals surface area contributed by atoms with E-state index in [1.807, 2.05) is 20.8 Å². The van der Waals surface area contributed by atoms with Gasteiger partial charge in [-0.3, -0.25) is 0 Å². The second kappa shape index (κ2) is 6.34. The van der Waals surface area contributed by atoms with Crippen molar-refractivity contribution in [3.05, 3.63) is 0 Å². The maximum absolute atomic E-state index is 12.3. The van der Waals surface area contributed by atoms with Gasteiger partial charge in [-0.1, -0.05) is 0 Å². The summed E-state index contributed by atoms with van der Waals surface area (Å²) in [6.07, 6.45) is 2.64. The molecule has 0 saturated carbocycles. The van der Waals surface area contributed by atoms with Gasteiger partial charge < -0.3 is 25.2 Å². The Labute approximate surface area is 132 Å². The minimum Gasteiger partial charge on any atom is -0.444 e. The van der Waals surface area contributed by atoms with Crippen LogP contribution in [0.25, 0.3) is 0 Å². The van der Waals surface area contributed by atoms with Crippen LogP contribution in [0, 0.1) is 5.41 Å². The second-order valence-electron chi connectivity index (χ2n) is 7.76. The van der Waals surface area contributed by atoms with E-state index in [4.69, 9.17) is 4.74 Å². The lowest BCUT2D eigenvalue weighted by molar-refractivity contribution is -0.150. The van der Waals surface area contributed by atoms with E-state index in [0.29, 0.717) is 19.5 Å². The average molecular weight is 314 g/mol. The zero-order chi connectivity index (χ0) is 16.4. The molecule has 22 heavy (non-hydrogen) atoms. The number of nitrogens with zero attached hydrogens (tertiary/aromatic N) is 1. The van der Waals surface area contributed by atoms with E-state index >= 15 is 0 Å². The summed E-state index contributed by atoms with van der Waals surface area (Å²) >= 11 is 0. The summed E-state index contributed by atoms with van der Waals surface area (Å²) in [5, 5.41) is 24.4. The Balaban J connectivity index is 2.12. The summed E-state index contributed by atoms with van der Waals surface area (Å²) in [5.41, 5.74) is -2.19. The van der Waals surface area contributed by atoms with Crippen LogP contribution in [0.4, 0.5) is 4.79 Å². The monoisotopic (exact) mass is 314 g/mol. The maximum atomic E-state index is 12.3. The Morgan fingerprint density at radius 3 is 2.59 bits per heavy atom. The normalized spacial score (nSPS) is 33.6. The predicted molar refractivity (Wildman–Crippen MR) is 83.6 cm³/mol. The van der Waals surface area contributed by atoms with E-state index in [9.17, 15) is 15.0 Å². The maximum Gasteiger partial charge on any atom is 0.410 e. The molecule has 0 aromatic heterocycles. The number of carbonyl (C=O) groups is 1. The molecule has 0 aliphatic carbocycles. The molecule has 128 valence electrons. The number of carbonyl (C=O) groups excluding carboxylic acids is 1. The number of aliphatic hydroxyl groups is 2. The standard InChI is InChI=1S/C16H30N2O4/c1-14(2,3)22-13(20)18-9-5-7-16(21,11-18)15(12-19)6-4-8-17-10-15/h17,19,21H,4-12H2,1-3H3. The Morgan fingerprint density at radius 1 is 1.32 bits per heavy atom. The van der Waals surface area contributed by atoms with Gasteiger partial charge in [-0.25, -0.2) is 4.79 Å². The molecule has 6 nitrogen and oxygen atoms in total. The molecule has 2 aliphatic rings. The van der Waals surface area contributed by atoms with Crippen LogP contribution < -0.4 is 5.32 Å². The number of β-amino-alcohol motifs (C(OH)–C–C–N with tert-alkyl or cyclic N) is 1. The molecule has 2 atom stereocenters. The van der Waals surface area contributed by atoms with Crippen molar-refractivity contribution in [2.24, 2.45) is 5.41 Å². The highest BCUT2D eigenvalue weighted by Crippen LogP contribution is 2.42. The van der Waals surface area contributed by atoms with Gasteiger partial charge >= 0.3 is 6.09 Å². The van der Waals surface area contributed by atoms with E-state index in [2.05, 4.69) is 5.32 Å². The molecule has 2 heterocycles. The van der Waals surface area contributed by atoms with Gasteiger partial charge in [-0.05, 0) is 53.0 Å². The molecule has 1 amide bonds. The number of likely N-dealkylation sites (tertiary alicyclic amines) is 1. The lowest BCUT2D eigenvalue weighted by atomic mass is 9.64. The van der Waals surface area contributed by atoms with Crippen molar-refractivity contribution < 1.29 is 19.7 Å². The number of hydrogen-bond donors (Lipinski definition) is 3. The van der Waals surface area contributed by atoms with Gasteiger partial charge in [-0.2, -0.15) is 0 Å². The SMILES string of the molecule is CC(C)(C)OC(=O)N1CCCC(O)(C2(CO)CCCNC2)C1. The van der Waals surface area contributed by atoms with Crippen molar-refractivity contribution in [1.82, 2.24) is 10.2 Å². The molecule has 0 spiro atoms. The van der Waals surface area contributed by atoms with Crippen molar-refractivity contribution in [2.45, 2.75) is 57.7 Å². The van der Waals surface area contributed by atoms with E-state index < -0.39 is 16.6 Å². The van der Waals surface area contributed by atoms with Crippen molar-refractivity contribution >= 4 is 6.09 Å². The fraction of sp³-hybridized carbons (Fsp3) is 0.938. The van der Waals surface area contributed by atoms with Gasteiger partial charge in [0.1, 0.15) is 5.60 Å². The molecule has 0 radical (unpaired) electrons. The first-order valence-electron chi connectivity index (χ1n) is 8.23. The van der Waals surface area contributed by atoms with Gasteiger partial charge in [0.25, 0.3) is 0 Å². The van der Waals surface area contributed by atoms with Crippen LogP contribution in [-0.4, -0.2) is 65.2 Å². The first-order chi connectivity index (χ1) is 10.2. The molecule has 2 fully saturated rings. The van der Waals surface area contributed by atoms with Crippen LogP contribution in [0.15, 0.2) is 0 Å². The Bertz CT molecular complexity index is 401. The molecule has 2 rings (SSSR count). The van der Waals surface area contributed by atoms with Gasteiger partial charge in [0.05, 0.1) is 18.8 Å². The highest BCUT2D eigenvalue weighted by molar-refractivity contribution is 5.68. The largest absolute Gasteiger partial charge is 0.444 e. The van der Waals surface area contributed by atoms with Crippen LogP contribution in [0.3, 0.4) is 0 Å². The fourth-order valence-corrected chi connectivity index (χ4v) is 3.60. The number of ether oxygens (including phenoxy) is 1. The molecule has 2 saturated heterocycles. The first kappa shape index (κ1) is 17.5. The lowest BCUT2D eigenvalue weighted by Crippen LogP contribution is -2.65. The van der Waals surface area contributed by atoms with Crippen molar-refractivity contribution in [3.8, 4) is 0 Å². The molecule has 0 aromatic carbocycles. The molecule has 3 N–H and O–H groups in total. The van der Waals surface area contributed by atoms with Gasteiger partial charge in [-0.15, -0.1) is 0 Å². The van der Waals surface area contributed by atoms with Crippen LogP contribution in [0.2, 0.25) is 0 Å². The summed E-state index contributed by atoms with van der Waals surface area (Å²) in [6, 6.07) is 0. The van der Waals surface area contributed by atoms with Gasteiger partial charge in [0, 0.05) is 18.5 Å². The number of piperidine rings is 2. The molecule has 0 aromatic rings. The second-order valence-corrected chi connectivity index (χ2v) is 7.76.